The zero-order valence-corrected chi connectivity index (χ0v) is 17.0. The Morgan fingerprint density at radius 1 is 1.33 bits per heavy atom. The number of benzene rings is 1. The summed E-state index contributed by atoms with van der Waals surface area (Å²) >= 11 is 0. The summed E-state index contributed by atoms with van der Waals surface area (Å²) < 4.78 is 39.3. The smallest absolute Gasteiger partial charge is 0.274 e. The van der Waals surface area contributed by atoms with Crippen LogP contribution in [-0.4, -0.2) is 43.4 Å². The zero-order valence-electron chi connectivity index (χ0n) is 16.1. The highest BCUT2D eigenvalue weighted by molar-refractivity contribution is 7.92. The number of aromatic hydroxyl groups is 1. The Morgan fingerprint density at radius 2 is 2.03 bits per heavy atom. The molecule has 3 rings (SSSR count). The van der Waals surface area contributed by atoms with Gasteiger partial charge in [0.05, 0.1) is 5.75 Å². The first-order valence-corrected chi connectivity index (χ1v) is 10.8. The van der Waals surface area contributed by atoms with Crippen LogP contribution in [0.3, 0.4) is 0 Å². The topological polar surface area (TPSA) is 112 Å². The second-order valence-electron chi connectivity index (χ2n) is 6.66. The summed E-state index contributed by atoms with van der Waals surface area (Å²) in [6.45, 7) is 7.30. The first kappa shape index (κ1) is 21.4. The molecule has 2 N–H and O–H groups in total. The van der Waals surface area contributed by atoms with Crippen LogP contribution in [0.4, 0.5) is 15.9 Å². The van der Waals surface area contributed by atoms with E-state index in [0.29, 0.717) is 18.4 Å². The number of sulfonamides is 1. The second kappa shape index (κ2) is 8.62. The number of nitrogens with one attached hydrogen (secondary N) is 1. The van der Waals surface area contributed by atoms with Crippen molar-refractivity contribution in [1.82, 2.24) is 10.3 Å². The molecule has 2 aromatic rings. The van der Waals surface area contributed by atoms with E-state index in [2.05, 4.69) is 28.6 Å². The number of anilines is 1. The van der Waals surface area contributed by atoms with Gasteiger partial charge in [-0.3, -0.25) is 14.1 Å². The summed E-state index contributed by atoms with van der Waals surface area (Å²) in [5.74, 6) is -1.76. The van der Waals surface area contributed by atoms with Gasteiger partial charge in [0.2, 0.25) is 10.0 Å². The first-order valence-electron chi connectivity index (χ1n) is 9.17. The molecule has 10 heteroatoms. The fraction of sp³-hybridized carbons (Fsp3) is 0.250. The molecule has 0 radical (unpaired) electrons. The van der Waals surface area contributed by atoms with Gasteiger partial charge < -0.3 is 10.4 Å². The van der Waals surface area contributed by atoms with Crippen molar-refractivity contribution in [2.45, 2.75) is 19.4 Å². The van der Waals surface area contributed by atoms with Crippen LogP contribution in [0.25, 0.3) is 6.08 Å². The molecule has 2 heterocycles. The van der Waals surface area contributed by atoms with E-state index in [-0.39, 0.29) is 41.6 Å². The minimum atomic E-state index is -3.64. The van der Waals surface area contributed by atoms with Crippen LogP contribution in [0.2, 0.25) is 0 Å². The molecule has 0 aliphatic carbocycles. The number of pyridine rings is 1. The number of aromatic nitrogens is 1. The molecule has 1 aromatic heterocycles. The van der Waals surface area contributed by atoms with Crippen molar-refractivity contribution in [2.24, 2.45) is 4.99 Å². The van der Waals surface area contributed by atoms with Crippen LogP contribution >= 0.6 is 0 Å². The second-order valence-corrected chi connectivity index (χ2v) is 8.67. The van der Waals surface area contributed by atoms with Gasteiger partial charge in [0.15, 0.2) is 17.3 Å². The van der Waals surface area contributed by atoms with E-state index >= 15 is 0 Å². The summed E-state index contributed by atoms with van der Waals surface area (Å²) in [5, 5.41) is 13.1. The minimum absolute atomic E-state index is 0.0307. The number of hydrogen-bond acceptors (Lipinski definition) is 6. The lowest BCUT2D eigenvalue weighted by Gasteiger charge is -2.29. The van der Waals surface area contributed by atoms with Gasteiger partial charge in [-0.05, 0) is 37.3 Å². The van der Waals surface area contributed by atoms with Crippen LogP contribution in [0, 0.1) is 5.82 Å². The Hall–Kier alpha value is -3.27. The van der Waals surface area contributed by atoms with Crippen molar-refractivity contribution in [1.29, 1.82) is 0 Å². The van der Waals surface area contributed by atoms with Gasteiger partial charge in [0, 0.05) is 18.7 Å². The summed E-state index contributed by atoms with van der Waals surface area (Å²) in [7, 11) is -3.64. The molecule has 1 amide bonds. The number of halogens is 1. The van der Waals surface area contributed by atoms with Crippen molar-refractivity contribution >= 4 is 40.2 Å². The van der Waals surface area contributed by atoms with Crippen LogP contribution < -0.4 is 9.62 Å². The third-order valence-corrected chi connectivity index (χ3v) is 6.52. The van der Waals surface area contributed by atoms with Crippen LogP contribution in [0.15, 0.2) is 35.8 Å². The highest BCUT2D eigenvalue weighted by Crippen LogP contribution is 2.40. The van der Waals surface area contributed by atoms with Crippen molar-refractivity contribution in [3.8, 4) is 5.75 Å². The molecule has 1 aliphatic rings. The molecular weight excluding hydrogens is 411 g/mol. The number of amides is 1. The Labute approximate surface area is 173 Å². The van der Waals surface area contributed by atoms with Crippen molar-refractivity contribution in [3.63, 3.8) is 0 Å². The number of aliphatic imine (C=N–C) groups is 1. The molecule has 0 atom stereocenters. The predicted molar refractivity (Wildman–Crippen MR) is 113 cm³/mol. The summed E-state index contributed by atoms with van der Waals surface area (Å²) in [6.07, 6.45) is 2.47. The average Bonchev–Trinajstić information content (AvgIpc) is 2.72. The van der Waals surface area contributed by atoms with Gasteiger partial charge in [0.1, 0.15) is 11.5 Å². The van der Waals surface area contributed by atoms with E-state index in [1.54, 1.807) is 0 Å². The molecule has 0 bridgehead atoms. The van der Waals surface area contributed by atoms with E-state index in [1.807, 2.05) is 0 Å². The SMILES string of the molecule is C=Cc1c(N2CCCCS2(=O)=O)nc(C(=O)NCc2ccc(F)cc2)c(O)c1N=C. The maximum absolute atomic E-state index is 13.0. The van der Waals surface area contributed by atoms with E-state index < -0.39 is 27.5 Å². The molecule has 1 aromatic carbocycles. The lowest BCUT2D eigenvalue weighted by atomic mass is 10.1. The van der Waals surface area contributed by atoms with Crippen molar-refractivity contribution in [3.05, 3.63) is 53.5 Å². The van der Waals surface area contributed by atoms with E-state index in [9.17, 15) is 22.7 Å². The van der Waals surface area contributed by atoms with Gasteiger partial charge >= 0.3 is 0 Å². The average molecular weight is 432 g/mol. The Balaban J connectivity index is 2.01. The third-order valence-electron chi connectivity index (χ3n) is 4.69. The summed E-state index contributed by atoms with van der Waals surface area (Å²) in [4.78, 5) is 20.6. The zero-order chi connectivity index (χ0) is 21.9. The molecule has 1 aliphatic heterocycles. The lowest BCUT2D eigenvalue weighted by Crippen LogP contribution is -2.39. The molecule has 8 nitrogen and oxygen atoms in total. The van der Waals surface area contributed by atoms with Gasteiger partial charge in [-0.25, -0.2) is 17.8 Å². The fourth-order valence-corrected chi connectivity index (χ4v) is 4.76. The Morgan fingerprint density at radius 3 is 2.63 bits per heavy atom. The monoisotopic (exact) mass is 432 g/mol. The molecule has 0 unspecified atom stereocenters. The van der Waals surface area contributed by atoms with Gasteiger partial charge in [-0.1, -0.05) is 24.8 Å². The lowest BCUT2D eigenvalue weighted by molar-refractivity contribution is 0.0943. The van der Waals surface area contributed by atoms with E-state index in [1.165, 1.54) is 30.3 Å². The molecule has 0 saturated carbocycles. The predicted octanol–water partition coefficient (Wildman–Crippen LogP) is 2.76. The number of carbonyl (C=O) groups is 1. The van der Waals surface area contributed by atoms with Crippen molar-refractivity contribution < 1.29 is 22.7 Å². The maximum atomic E-state index is 13.0. The van der Waals surface area contributed by atoms with Crippen LogP contribution in [0.1, 0.15) is 34.5 Å². The maximum Gasteiger partial charge on any atom is 0.274 e. The highest BCUT2D eigenvalue weighted by atomic mass is 32.2. The minimum Gasteiger partial charge on any atom is -0.504 e. The summed E-state index contributed by atoms with van der Waals surface area (Å²) in [6, 6.07) is 5.53. The molecule has 1 saturated heterocycles. The Bertz CT molecular complexity index is 1100. The molecular formula is C20H21FN4O4S. The third kappa shape index (κ3) is 4.18. The molecule has 30 heavy (non-hydrogen) atoms. The fourth-order valence-electron chi connectivity index (χ4n) is 3.16. The van der Waals surface area contributed by atoms with Gasteiger partial charge in [0.25, 0.3) is 5.91 Å². The quantitative estimate of drug-likeness (QED) is 0.682. The largest absolute Gasteiger partial charge is 0.504 e. The number of hydrogen-bond donors (Lipinski definition) is 2. The number of rotatable bonds is 6. The van der Waals surface area contributed by atoms with Gasteiger partial charge in [-0.15, -0.1) is 0 Å². The molecule has 158 valence electrons. The number of nitrogens with zero attached hydrogens (tertiary/aromatic N) is 3. The molecule has 1 fully saturated rings. The van der Waals surface area contributed by atoms with Gasteiger partial charge in [-0.2, -0.15) is 0 Å². The first-order chi connectivity index (χ1) is 14.3. The standard InChI is InChI=1S/C20H21FN4O4S/c1-3-15-16(22-2)18(26)17(20(27)23-12-13-6-8-14(21)9-7-13)24-19(15)25-10-4-5-11-30(25,28)29/h3,6-9,26H,1-2,4-5,10-12H2,(H,23,27). The van der Waals surface area contributed by atoms with E-state index in [0.717, 1.165) is 4.31 Å². The van der Waals surface area contributed by atoms with Crippen LogP contribution in [-0.2, 0) is 16.6 Å². The van der Waals surface area contributed by atoms with E-state index in [4.69, 9.17) is 0 Å². The highest BCUT2D eigenvalue weighted by Gasteiger charge is 2.32. The number of carbonyl (C=O) groups excluding carboxylic acids is 1. The normalized spacial score (nSPS) is 15.4. The van der Waals surface area contributed by atoms with Crippen molar-refractivity contribution in [2.75, 3.05) is 16.6 Å². The Kier molecular flexibility index (Phi) is 6.16. The summed E-state index contributed by atoms with van der Waals surface area (Å²) in [5.41, 5.74) is 0.333. The van der Waals surface area contributed by atoms with Crippen LogP contribution in [0.5, 0.6) is 5.75 Å². The molecule has 0 spiro atoms.